The second kappa shape index (κ2) is 6.33. The Bertz CT molecular complexity index is 662. The fourth-order valence-corrected chi connectivity index (χ4v) is 7.51. The summed E-state index contributed by atoms with van der Waals surface area (Å²) in [4.78, 5) is 11.3. The van der Waals surface area contributed by atoms with Gasteiger partial charge >= 0.3 is 5.97 Å². The number of rotatable bonds is 4. The van der Waals surface area contributed by atoms with E-state index in [-0.39, 0.29) is 5.66 Å². The number of carboxylic acids is 1. The molecule has 0 amide bonds. The Hall–Kier alpha value is -1.48. The molecule has 22 heavy (non-hydrogen) atoms. The van der Waals surface area contributed by atoms with E-state index in [9.17, 15) is 9.90 Å². The van der Waals surface area contributed by atoms with Crippen LogP contribution in [0.4, 0.5) is 0 Å². The lowest BCUT2D eigenvalue weighted by Crippen LogP contribution is -2.30. The molecule has 0 unspecified atom stereocenters. The highest BCUT2D eigenvalue weighted by Gasteiger charge is 2.39. The van der Waals surface area contributed by atoms with E-state index in [0.29, 0.717) is 13.0 Å². The first-order chi connectivity index (χ1) is 10.6. The molecule has 3 rings (SSSR count). The molecule has 0 saturated carbocycles. The number of aliphatic carboxylic acids is 1. The summed E-state index contributed by atoms with van der Waals surface area (Å²) >= 11 is 6.21. The number of hydrogen-bond acceptors (Lipinski definition) is 3. The summed E-state index contributed by atoms with van der Waals surface area (Å²) in [5.41, 5.74) is 0.174. The zero-order valence-electron chi connectivity index (χ0n) is 12.1. The molecule has 114 valence electrons. The SMILES string of the molecule is O=C(O)[C@H]1C[C@H](P(=S)(c2ccccc2)c2ccccc2)CN1. The van der Waals surface area contributed by atoms with Crippen LogP contribution in [0.2, 0.25) is 0 Å². The van der Waals surface area contributed by atoms with Crippen LogP contribution >= 0.6 is 6.04 Å². The molecule has 1 aliphatic heterocycles. The summed E-state index contributed by atoms with van der Waals surface area (Å²) in [5.74, 6) is -0.787. The molecule has 0 bridgehead atoms. The molecular formula is C17H18NO2PS. The predicted molar refractivity (Wildman–Crippen MR) is 94.3 cm³/mol. The lowest BCUT2D eigenvalue weighted by Gasteiger charge is -2.29. The zero-order chi connectivity index (χ0) is 15.6. The number of carbonyl (C=O) groups is 1. The minimum absolute atomic E-state index is 0.174. The smallest absolute Gasteiger partial charge is 0.320 e. The van der Waals surface area contributed by atoms with Crippen LogP contribution in [0.1, 0.15) is 6.42 Å². The summed E-state index contributed by atoms with van der Waals surface area (Å²) < 4.78 is 0. The van der Waals surface area contributed by atoms with Gasteiger partial charge in [0.2, 0.25) is 0 Å². The fraction of sp³-hybridized carbons (Fsp3) is 0.235. The van der Waals surface area contributed by atoms with Crippen molar-refractivity contribution >= 4 is 34.4 Å². The predicted octanol–water partition coefficient (Wildman–Crippen LogP) is 1.93. The first-order valence-electron chi connectivity index (χ1n) is 7.29. The molecule has 2 aromatic rings. The highest BCUT2D eigenvalue weighted by atomic mass is 32.4. The zero-order valence-corrected chi connectivity index (χ0v) is 13.8. The monoisotopic (exact) mass is 331 g/mol. The maximum atomic E-state index is 11.3. The van der Waals surface area contributed by atoms with Crippen LogP contribution in [0.15, 0.2) is 60.7 Å². The van der Waals surface area contributed by atoms with Gasteiger partial charge < -0.3 is 10.4 Å². The van der Waals surface area contributed by atoms with Crippen LogP contribution in [0, 0.1) is 0 Å². The molecule has 2 aromatic carbocycles. The maximum Gasteiger partial charge on any atom is 0.320 e. The molecule has 1 saturated heterocycles. The van der Waals surface area contributed by atoms with Gasteiger partial charge in [-0.25, -0.2) is 0 Å². The molecule has 1 fully saturated rings. The van der Waals surface area contributed by atoms with Crippen molar-refractivity contribution in [1.82, 2.24) is 5.32 Å². The number of benzene rings is 2. The van der Waals surface area contributed by atoms with Gasteiger partial charge in [0.25, 0.3) is 0 Å². The van der Waals surface area contributed by atoms with Gasteiger partial charge in [-0.1, -0.05) is 72.5 Å². The summed E-state index contributed by atoms with van der Waals surface area (Å²) in [6.07, 6.45) is 0.594. The summed E-state index contributed by atoms with van der Waals surface area (Å²) in [7, 11) is 0. The summed E-state index contributed by atoms with van der Waals surface area (Å²) in [6.45, 7) is 0.665. The molecular weight excluding hydrogens is 313 g/mol. The van der Waals surface area contributed by atoms with Crippen LogP contribution in [0.25, 0.3) is 0 Å². The Morgan fingerprint density at radius 1 is 1.05 bits per heavy atom. The topological polar surface area (TPSA) is 49.3 Å². The first kappa shape index (κ1) is 15.4. The van der Waals surface area contributed by atoms with E-state index in [1.807, 2.05) is 36.4 Å². The summed E-state index contributed by atoms with van der Waals surface area (Å²) in [6, 6.07) is 17.8. The average molecular weight is 331 g/mol. The van der Waals surface area contributed by atoms with Crippen molar-refractivity contribution < 1.29 is 9.90 Å². The Kier molecular flexibility index (Phi) is 4.44. The molecule has 5 heteroatoms. The van der Waals surface area contributed by atoms with Gasteiger partial charge in [0, 0.05) is 18.2 Å². The molecule has 2 N–H and O–H groups in total. The molecule has 2 atom stereocenters. The number of nitrogens with one attached hydrogen (secondary N) is 1. The third-order valence-corrected chi connectivity index (χ3v) is 9.91. The van der Waals surface area contributed by atoms with Crippen molar-refractivity contribution in [2.45, 2.75) is 18.1 Å². The van der Waals surface area contributed by atoms with Crippen LogP contribution in [0.5, 0.6) is 0 Å². The molecule has 1 heterocycles. The minimum atomic E-state index is -2.04. The van der Waals surface area contributed by atoms with E-state index in [0.717, 1.165) is 10.6 Å². The van der Waals surface area contributed by atoms with Crippen molar-refractivity contribution in [3.05, 3.63) is 60.7 Å². The Labute approximate surface area is 135 Å². The van der Waals surface area contributed by atoms with Crippen molar-refractivity contribution in [2.75, 3.05) is 6.54 Å². The van der Waals surface area contributed by atoms with E-state index >= 15 is 0 Å². The van der Waals surface area contributed by atoms with Crippen molar-refractivity contribution in [1.29, 1.82) is 0 Å². The first-order valence-corrected chi connectivity index (χ1v) is 10.2. The minimum Gasteiger partial charge on any atom is -0.480 e. The lowest BCUT2D eigenvalue weighted by atomic mass is 10.2. The highest BCUT2D eigenvalue weighted by Crippen LogP contribution is 2.51. The third-order valence-electron chi connectivity index (χ3n) is 4.20. The average Bonchev–Trinajstić information content (AvgIpc) is 3.06. The Balaban J connectivity index is 2.06. The largest absolute Gasteiger partial charge is 0.480 e. The lowest BCUT2D eigenvalue weighted by molar-refractivity contribution is -0.139. The Morgan fingerprint density at radius 3 is 1.95 bits per heavy atom. The number of hydrogen-bond donors (Lipinski definition) is 2. The molecule has 1 aliphatic rings. The molecule has 3 nitrogen and oxygen atoms in total. The van der Waals surface area contributed by atoms with Gasteiger partial charge in [-0.05, 0) is 17.0 Å². The van der Waals surface area contributed by atoms with Gasteiger partial charge in [0.05, 0.1) is 0 Å². The van der Waals surface area contributed by atoms with E-state index < -0.39 is 18.0 Å². The van der Waals surface area contributed by atoms with Gasteiger partial charge in [0.15, 0.2) is 0 Å². The van der Waals surface area contributed by atoms with Gasteiger partial charge in [-0.2, -0.15) is 0 Å². The third kappa shape index (κ3) is 2.74. The second-order valence-corrected chi connectivity index (χ2v) is 10.3. The Morgan fingerprint density at radius 2 is 1.55 bits per heavy atom. The standard InChI is InChI=1S/C17H18NO2PS/c19-17(20)16-11-15(12-18-16)21(22,13-7-3-1-4-8-13)14-9-5-2-6-10-14/h1-10,15-16,18H,11-12H2,(H,19,20)/t15-,16+/m0/s1. The highest BCUT2D eigenvalue weighted by molar-refractivity contribution is 8.22. The van der Waals surface area contributed by atoms with E-state index in [2.05, 4.69) is 29.6 Å². The van der Waals surface area contributed by atoms with Crippen molar-refractivity contribution in [2.24, 2.45) is 0 Å². The summed E-state index contributed by atoms with van der Waals surface area (Å²) in [5, 5.41) is 14.7. The van der Waals surface area contributed by atoms with Gasteiger partial charge in [-0.15, -0.1) is 0 Å². The second-order valence-electron chi connectivity index (χ2n) is 5.52. The molecule has 0 radical (unpaired) electrons. The van der Waals surface area contributed by atoms with Crippen LogP contribution in [0.3, 0.4) is 0 Å². The van der Waals surface area contributed by atoms with Crippen LogP contribution in [-0.2, 0) is 16.6 Å². The van der Waals surface area contributed by atoms with Gasteiger partial charge in [0.1, 0.15) is 6.04 Å². The molecule has 0 spiro atoms. The normalized spacial score (nSPS) is 21.6. The molecule has 0 aliphatic carbocycles. The van der Waals surface area contributed by atoms with E-state index in [1.165, 1.54) is 0 Å². The quantitative estimate of drug-likeness (QED) is 0.841. The van der Waals surface area contributed by atoms with E-state index in [1.54, 1.807) is 0 Å². The van der Waals surface area contributed by atoms with Crippen molar-refractivity contribution in [3.8, 4) is 0 Å². The number of carboxylic acid groups (broad SMARTS) is 1. The van der Waals surface area contributed by atoms with Crippen molar-refractivity contribution in [3.63, 3.8) is 0 Å². The van der Waals surface area contributed by atoms with E-state index in [4.69, 9.17) is 11.8 Å². The fourth-order valence-electron chi connectivity index (χ4n) is 3.05. The van der Waals surface area contributed by atoms with Crippen LogP contribution < -0.4 is 15.9 Å². The van der Waals surface area contributed by atoms with Crippen LogP contribution in [-0.4, -0.2) is 29.3 Å². The maximum absolute atomic E-state index is 11.3. The molecule has 0 aromatic heterocycles. The van der Waals surface area contributed by atoms with Gasteiger partial charge in [-0.3, -0.25) is 4.79 Å².